The molecule has 21 heavy (non-hydrogen) atoms. The van der Waals surface area contributed by atoms with Crippen LogP contribution >= 0.6 is 15.9 Å². The zero-order chi connectivity index (χ0) is 15.9. The number of halogens is 7. The quantitative estimate of drug-likeness (QED) is 0.350. The van der Waals surface area contributed by atoms with Crippen molar-refractivity contribution in [3.63, 3.8) is 0 Å². The normalized spacial score (nSPS) is 10.8. The molecule has 0 aliphatic rings. The lowest BCUT2D eigenvalue weighted by Gasteiger charge is -2.13. The average molecular weight is 371 g/mol. The third kappa shape index (κ3) is 2.65. The summed E-state index contributed by atoms with van der Waals surface area (Å²) in [4.78, 5) is 0. The monoisotopic (exact) mass is 370 g/mol. The highest BCUT2D eigenvalue weighted by atomic mass is 79.9. The molecule has 3 N–H and O–H groups in total. The minimum Gasteiger partial charge on any atom is -0.397 e. The van der Waals surface area contributed by atoms with E-state index < -0.39 is 40.6 Å². The van der Waals surface area contributed by atoms with E-state index in [9.17, 15) is 26.3 Å². The maximum Gasteiger partial charge on any atom is 0.200 e. The summed E-state index contributed by atoms with van der Waals surface area (Å²) in [5.41, 5.74) is 3.63. The van der Waals surface area contributed by atoms with E-state index in [0.717, 1.165) is 12.1 Å². The van der Waals surface area contributed by atoms with Crippen LogP contribution in [-0.2, 0) is 0 Å². The van der Waals surface area contributed by atoms with Gasteiger partial charge in [0.1, 0.15) is 11.5 Å². The Morgan fingerprint density at radius 2 is 1.29 bits per heavy atom. The lowest BCUT2D eigenvalue weighted by Crippen LogP contribution is -2.08. The first-order valence-electron chi connectivity index (χ1n) is 5.27. The van der Waals surface area contributed by atoms with Gasteiger partial charge in [0, 0.05) is 6.07 Å². The second-order valence-electron chi connectivity index (χ2n) is 3.92. The van der Waals surface area contributed by atoms with Crippen molar-refractivity contribution in [2.24, 2.45) is 0 Å². The van der Waals surface area contributed by atoms with Crippen LogP contribution < -0.4 is 11.1 Å². The molecule has 9 heteroatoms. The molecule has 2 rings (SSSR count). The fourth-order valence-corrected chi connectivity index (χ4v) is 1.86. The van der Waals surface area contributed by atoms with Gasteiger partial charge in [0.05, 0.1) is 15.8 Å². The van der Waals surface area contributed by atoms with E-state index in [-0.39, 0.29) is 15.8 Å². The van der Waals surface area contributed by atoms with Crippen molar-refractivity contribution in [1.82, 2.24) is 0 Å². The Kier molecular flexibility index (Phi) is 4.04. The molecule has 0 aliphatic heterocycles. The third-order valence-electron chi connectivity index (χ3n) is 2.56. The zero-order valence-electron chi connectivity index (χ0n) is 9.88. The summed E-state index contributed by atoms with van der Waals surface area (Å²) < 4.78 is 79.0. The molecule has 2 aromatic carbocycles. The summed E-state index contributed by atoms with van der Waals surface area (Å²) >= 11 is 2.80. The fourth-order valence-electron chi connectivity index (χ4n) is 1.52. The first-order valence-corrected chi connectivity index (χ1v) is 6.06. The number of hydrogen-bond acceptors (Lipinski definition) is 2. The van der Waals surface area contributed by atoms with E-state index >= 15 is 0 Å². The molecule has 0 heterocycles. The molecule has 0 saturated carbocycles. The first kappa shape index (κ1) is 15.5. The number of hydrogen-bond donors (Lipinski definition) is 2. The van der Waals surface area contributed by atoms with Gasteiger partial charge in [-0.2, -0.15) is 0 Å². The molecular weight excluding hydrogens is 366 g/mol. The second kappa shape index (κ2) is 5.47. The van der Waals surface area contributed by atoms with Gasteiger partial charge < -0.3 is 11.1 Å². The molecule has 0 spiro atoms. The summed E-state index contributed by atoms with van der Waals surface area (Å²) in [6, 6.07) is 1.82. The highest BCUT2D eigenvalue weighted by Gasteiger charge is 2.26. The second-order valence-corrected chi connectivity index (χ2v) is 4.78. The van der Waals surface area contributed by atoms with Crippen LogP contribution in [0, 0.1) is 34.9 Å². The van der Waals surface area contributed by atoms with Crippen LogP contribution in [0.15, 0.2) is 16.6 Å². The highest BCUT2D eigenvalue weighted by molar-refractivity contribution is 9.10. The Labute approximate surface area is 122 Å². The van der Waals surface area contributed by atoms with Crippen LogP contribution in [0.4, 0.5) is 43.4 Å². The summed E-state index contributed by atoms with van der Waals surface area (Å²) in [7, 11) is 0. The molecule has 0 fully saturated rings. The van der Waals surface area contributed by atoms with E-state index in [0.29, 0.717) is 0 Å². The first-order chi connectivity index (χ1) is 9.73. The lowest BCUT2D eigenvalue weighted by molar-refractivity contribution is 0.382. The molecule has 2 aromatic rings. The molecule has 0 bridgehead atoms. The maximum atomic E-state index is 13.5. The van der Waals surface area contributed by atoms with E-state index in [4.69, 9.17) is 5.73 Å². The summed E-state index contributed by atoms with van der Waals surface area (Å²) in [5, 5.41) is 1.97. The largest absolute Gasteiger partial charge is 0.397 e. The highest BCUT2D eigenvalue weighted by Crippen LogP contribution is 2.33. The van der Waals surface area contributed by atoms with E-state index in [1.807, 2.05) is 5.32 Å². The Morgan fingerprint density at radius 3 is 1.81 bits per heavy atom. The number of nitrogens with two attached hydrogens (primary N) is 1. The molecule has 0 aliphatic carbocycles. The SMILES string of the molecule is Nc1cc(F)c(Br)cc1Nc1c(F)c(F)c(F)c(F)c1F. The molecule has 0 amide bonds. The van der Waals surface area contributed by atoms with Crippen molar-refractivity contribution in [3.8, 4) is 0 Å². The van der Waals surface area contributed by atoms with Crippen molar-refractivity contribution >= 4 is 33.0 Å². The standard InChI is InChI=1S/C12H5BrF6N2/c13-3-1-6(5(20)2-4(3)14)21-12-10(18)8(16)7(15)9(17)11(12)19/h1-2,21H,20H2. The minimum absolute atomic E-state index is 0.108. The van der Waals surface area contributed by atoms with Gasteiger partial charge in [0.2, 0.25) is 5.82 Å². The number of anilines is 3. The van der Waals surface area contributed by atoms with Crippen LogP contribution in [-0.4, -0.2) is 0 Å². The Bertz CT molecular complexity index is 705. The number of benzene rings is 2. The average Bonchev–Trinajstić information content (AvgIpc) is 2.44. The van der Waals surface area contributed by atoms with Crippen LogP contribution in [0.25, 0.3) is 0 Å². The van der Waals surface area contributed by atoms with Gasteiger partial charge in [-0.15, -0.1) is 0 Å². The van der Waals surface area contributed by atoms with Gasteiger partial charge in [-0.05, 0) is 22.0 Å². The smallest absolute Gasteiger partial charge is 0.200 e. The summed E-state index contributed by atoms with van der Waals surface area (Å²) in [6.07, 6.45) is 0. The molecule has 112 valence electrons. The van der Waals surface area contributed by atoms with Crippen molar-refractivity contribution < 1.29 is 26.3 Å². The minimum atomic E-state index is -2.27. The topological polar surface area (TPSA) is 38.0 Å². The Morgan fingerprint density at radius 1 is 0.810 bits per heavy atom. The van der Waals surface area contributed by atoms with E-state index in [1.165, 1.54) is 0 Å². The molecule has 0 aromatic heterocycles. The summed E-state index contributed by atoms with van der Waals surface area (Å²) in [6.45, 7) is 0. The van der Waals surface area contributed by atoms with Gasteiger partial charge in [0.15, 0.2) is 23.3 Å². The fraction of sp³-hybridized carbons (Fsp3) is 0. The summed E-state index contributed by atoms with van der Waals surface area (Å²) in [5.74, 6) is -11.3. The van der Waals surface area contributed by atoms with Crippen LogP contribution in [0.5, 0.6) is 0 Å². The molecule has 2 nitrogen and oxygen atoms in total. The number of nitrogens with one attached hydrogen (secondary N) is 1. The number of rotatable bonds is 2. The van der Waals surface area contributed by atoms with Crippen LogP contribution in [0.1, 0.15) is 0 Å². The van der Waals surface area contributed by atoms with Gasteiger partial charge in [-0.25, -0.2) is 26.3 Å². The van der Waals surface area contributed by atoms with Crippen LogP contribution in [0.2, 0.25) is 0 Å². The van der Waals surface area contributed by atoms with Crippen molar-refractivity contribution in [3.05, 3.63) is 51.5 Å². The molecule has 0 unspecified atom stereocenters. The molecule has 0 saturated heterocycles. The van der Waals surface area contributed by atoms with Crippen molar-refractivity contribution in [2.45, 2.75) is 0 Å². The third-order valence-corrected chi connectivity index (χ3v) is 3.17. The molecule has 0 atom stereocenters. The zero-order valence-corrected chi connectivity index (χ0v) is 11.5. The van der Waals surface area contributed by atoms with Gasteiger partial charge >= 0.3 is 0 Å². The predicted molar refractivity (Wildman–Crippen MR) is 68.0 cm³/mol. The number of nitrogen functional groups attached to an aromatic ring is 1. The molecule has 0 radical (unpaired) electrons. The van der Waals surface area contributed by atoms with Gasteiger partial charge in [-0.3, -0.25) is 0 Å². The van der Waals surface area contributed by atoms with Crippen molar-refractivity contribution in [2.75, 3.05) is 11.1 Å². The Hall–Kier alpha value is -1.90. The van der Waals surface area contributed by atoms with Gasteiger partial charge in [-0.1, -0.05) is 0 Å². The van der Waals surface area contributed by atoms with Crippen molar-refractivity contribution in [1.29, 1.82) is 0 Å². The predicted octanol–water partition coefficient (Wildman–Crippen LogP) is 4.61. The Balaban J connectivity index is 2.58. The maximum absolute atomic E-state index is 13.5. The van der Waals surface area contributed by atoms with E-state index in [2.05, 4.69) is 15.9 Å². The van der Waals surface area contributed by atoms with Gasteiger partial charge in [0.25, 0.3) is 0 Å². The van der Waals surface area contributed by atoms with Crippen LogP contribution in [0.3, 0.4) is 0 Å². The van der Waals surface area contributed by atoms with E-state index in [1.54, 1.807) is 0 Å². The lowest BCUT2D eigenvalue weighted by atomic mass is 10.2. The molecular formula is C12H5BrF6N2.